The van der Waals surface area contributed by atoms with Crippen molar-refractivity contribution < 1.29 is 72.7 Å². The van der Waals surface area contributed by atoms with Crippen molar-refractivity contribution in [1.82, 2.24) is 0 Å². The van der Waals surface area contributed by atoms with Gasteiger partial charge in [0, 0.05) is 56.0 Å². The van der Waals surface area contributed by atoms with Gasteiger partial charge in [0.2, 0.25) is 5.76 Å². The van der Waals surface area contributed by atoms with Gasteiger partial charge >= 0.3 is 18.0 Å². The van der Waals surface area contributed by atoms with E-state index >= 15 is 0 Å². The van der Waals surface area contributed by atoms with Crippen LogP contribution in [0.25, 0.3) is 0 Å². The number of hydrogen-bond donors (Lipinski definition) is 5. The van der Waals surface area contributed by atoms with E-state index in [9.17, 15) is 34.8 Å². The van der Waals surface area contributed by atoms with Gasteiger partial charge in [-0.05, 0) is 52.5 Å². The number of unbranched alkanes of at least 4 members (excludes halogenated alkanes) is 1. The molecule has 0 aliphatic carbocycles. The summed E-state index contributed by atoms with van der Waals surface area (Å²) in [5, 5.41) is 47.2. The molecule has 0 aromatic carbocycles. The van der Waals surface area contributed by atoms with Gasteiger partial charge in [0.15, 0.2) is 18.2 Å². The molecule has 3 aliphatic heterocycles. The van der Waals surface area contributed by atoms with Crippen molar-refractivity contribution in [3.05, 3.63) is 59.4 Å². The highest BCUT2D eigenvalue weighted by Crippen LogP contribution is 2.42. The Morgan fingerprint density at radius 3 is 2.32 bits per heavy atom. The first-order chi connectivity index (χ1) is 31.0. The number of hydrogen-bond acceptors (Lipinski definition) is 15. The van der Waals surface area contributed by atoms with Crippen LogP contribution in [0.15, 0.2) is 59.4 Å². The standard InChI is InChI=1S/C50H81NO15/c1-14-16-21-41(52)62-38-25-42(61-35(11)47(38)65-49(51)57)63-40-26-50(58,66-36(18-15-2)31(40)7)34(10)45(55)33(9)46-37(59-12)20-17-19-27(3)22-29(5)43(53)32(8)44(54)30(6)23-28(4)24-39(60-13)48(56)64-46/h15,17-20,23-24,29-38,40,42-47,53-55,58H,14,16,21-22,25-26H2,1-13H3,(H2,51,57)/b18-15+,20-17+,27-19+,28-23+,39-24-/t29-,30-,31-,32+,33-,34+,35-,36-,37+,38-,40-,42+,43+,44-,45-,46-,47-,50-/m1/s1. The summed E-state index contributed by atoms with van der Waals surface area (Å²) in [5.41, 5.74) is 6.93. The lowest BCUT2D eigenvalue weighted by Crippen LogP contribution is -2.59. The van der Waals surface area contributed by atoms with Crippen LogP contribution in [0.2, 0.25) is 0 Å². The van der Waals surface area contributed by atoms with Gasteiger partial charge in [-0.1, -0.05) is 102 Å². The van der Waals surface area contributed by atoms with Crippen LogP contribution in [0, 0.1) is 35.5 Å². The Morgan fingerprint density at radius 1 is 1.03 bits per heavy atom. The van der Waals surface area contributed by atoms with Gasteiger partial charge in [0.25, 0.3) is 0 Å². The Balaban J connectivity index is 2.01. The van der Waals surface area contributed by atoms with E-state index in [1.807, 2.05) is 54.5 Å². The highest BCUT2D eigenvalue weighted by Gasteiger charge is 2.53. The largest absolute Gasteiger partial charge is 0.490 e. The second-order valence-electron chi connectivity index (χ2n) is 18.8. The predicted octanol–water partition coefficient (Wildman–Crippen LogP) is 6.33. The van der Waals surface area contributed by atoms with E-state index in [4.69, 9.17) is 43.6 Å². The molecule has 66 heavy (non-hydrogen) atoms. The normalized spacial score (nSPS) is 39.8. The summed E-state index contributed by atoms with van der Waals surface area (Å²) in [4.78, 5) is 38.6. The lowest BCUT2D eigenvalue weighted by molar-refractivity contribution is -0.339. The fraction of sp³-hybridized carbons (Fsp3) is 0.740. The molecule has 3 heterocycles. The molecule has 376 valence electrons. The Morgan fingerprint density at radius 2 is 1.71 bits per heavy atom. The second kappa shape index (κ2) is 26.2. The van der Waals surface area contributed by atoms with E-state index in [1.165, 1.54) is 20.3 Å². The molecule has 16 nitrogen and oxygen atoms in total. The molecule has 2 saturated heterocycles. The molecule has 0 aromatic rings. The van der Waals surface area contributed by atoms with Gasteiger partial charge < -0.3 is 64.1 Å². The third-order valence-corrected chi connectivity index (χ3v) is 13.5. The minimum atomic E-state index is -2.00. The number of amides is 1. The number of carbonyl (C=O) groups is 3. The number of esters is 2. The molecule has 0 unspecified atom stereocenters. The van der Waals surface area contributed by atoms with E-state index in [-0.39, 0.29) is 42.8 Å². The average Bonchev–Trinajstić information content (AvgIpc) is 3.26. The van der Waals surface area contributed by atoms with Gasteiger partial charge in [-0.25, -0.2) is 9.59 Å². The van der Waals surface area contributed by atoms with Gasteiger partial charge in [0.1, 0.15) is 18.3 Å². The van der Waals surface area contributed by atoms with Gasteiger partial charge in [-0.2, -0.15) is 0 Å². The number of aliphatic hydroxyl groups excluding tert-OH is 3. The van der Waals surface area contributed by atoms with Crippen LogP contribution in [0.4, 0.5) is 4.79 Å². The van der Waals surface area contributed by atoms with Crippen molar-refractivity contribution in [3.8, 4) is 0 Å². The zero-order valence-corrected chi connectivity index (χ0v) is 41.5. The molecule has 0 saturated carbocycles. The number of ether oxygens (including phenoxy) is 8. The number of cyclic esters (lactones) is 1. The minimum absolute atomic E-state index is 0.00816. The molecule has 3 rings (SSSR count). The number of methoxy groups -OCH3 is 2. The van der Waals surface area contributed by atoms with Crippen LogP contribution in [-0.4, -0.2) is 126 Å². The number of allylic oxidation sites excluding steroid dienone is 6. The van der Waals surface area contributed by atoms with Crippen LogP contribution in [0.1, 0.15) is 115 Å². The van der Waals surface area contributed by atoms with E-state index in [2.05, 4.69) is 0 Å². The third kappa shape index (κ3) is 15.5. The van der Waals surface area contributed by atoms with Crippen molar-refractivity contribution in [1.29, 1.82) is 0 Å². The Labute approximate surface area is 392 Å². The molecule has 0 radical (unpaired) electrons. The molecule has 18 atom stereocenters. The SMILES string of the molecule is C/C=C/[C@H]1O[C@@](O)([C@@H](C)[C@H](O)[C@@H](C)[C@H]2OC(=O)/C(OC)=C/C(C)=C/[C@@H](C)[C@@H](O)[C@@H](C)[C@@H](O)[C@H](C)C/C(C)=C/C=C/[C@@H]2OC)C[C@@H](O[C@H]2C[C@@H](OC(=O)CCCC)[C@H](OC(N)=O)[C@@H](C)O2)[C@@H]1C. The third-order valence-electron chi connectivity index (χ3n) is 13.5. The van der Waals surface area contributed by atoms with Crippen molar-refractivity contribution in [3.63, 3.8) is 0 Å². The number of aliphatic hydroxyl groups is 4. The average molecular weight is 936 g/mol. The summed E-state index contributed by atoms with van der Waals surface area (Å²) < 4.78 is 47.9. The summed E-state index contributed by atoms with van der Waals surface area (Å²) in [6.07, 6.45) is 3.13. The van der Waals surface area contributed by atoms with Gasteiger partial charge in [-0.3, -0.25) is 4.79 Å². The van der Waals surface area contributed by atoms with E-state index in [0.29, 0.717) is 18.4 Å². The maximum atomic E-state index is 14.0. The first-order valence-electron chi connectivity index (χ1n) is 23.6. The highest BCUT2D eigenvalue weighted by atomic mass is 16.7. The van der Waals surface area contributed by atoms with Crippen LogP contribution < -0.4 is 5.73 Å². The van der Waals surface area contributed by atoms with Crippen molar-refractivity contribution in [2.45, 2.75) is 188 Å². The van der Waals surface area contributed by atoms with Crippen LogP contribution in [-0.2, 0) is 47.5 Å². The van der Waals surface area contributed by atoms with E-state index in [0.717, 1.165) is 12.0 Å². The monoisotopic (exact) mass is 936 g/mol. The molecule has 2 fully saturated rings. The summed E-state index contributed by atoms with van der Waals surface area (Å²) in [6.45, 7) is 20.0. The highest BCUT2D eigenvalue weighted by molar-refractivity contribution is 5.87. The van der Waals surface area contributed by atoms with Crippen molar-refractivity contribution in [2.75, 3.05) is 14.2 Å². The molecule has 16 heteroatoms. The maximum Gasteiger partial charge on any atom is 0.404 e. The zero-order chi connectivity index (χ0) is 49.6. The zero-order valence-electron chi connectivity index (χ0n) is 41.5. The topological polar surface area (TPSA) is 232 Å². The smallest absolute Gasteiger partial charge is 0.404 e. The summed E-state index contributed by atoms with van der Waals surface area (Å²) in [5.74, 6) is -6.67. The molecule has 3 aliphatic rings. The summed E-state index contributed by atoms with van der Waals surface area (Å²) in [6, 6.07) is 0. The summed E-state index contributed by atoms with van der Waals surface area (Å²) in [7, 11) is 2.80. The number of rotatable bonds is 14. The Hall–Kier alpha value is -3.61. The van der Waals surface area contributed by atoms with E-state index < -0.39 is 109 Å². The number of carbonyl (C=O) groups excluding carboxylic acids is 3. The Kier molecular flexibility index (Phi) is 22.5. The molecule has 0 aromatic heterocycles. The maximum absolute atomic E-state index is 14.0. The predicted molar refractivity (Wildman–Crippen MR) is 247 cm³/mol. The molecule has 1 amide bonds. The van der Waals surface area contributed by atoms with Crippen LogP contribution >= 0.6 is 0 Å². The van der Waals surface area contributed by atoms with Crippen molar-refractivity contribution >= 4 is 18.0 Å². The van der Waals surface area contributed by atoms with Gasteiger partial charge in [-0.15, -0.1) is 0 Å². The summed E-state index contributed by atoms with van der Waals surface area (Å²) >= 11 is 0. The van der Waals surface area contributed by atoms with Crippen LogP contribution in [0.3, 0.4) is 0 Å². The molecular formula is C50H81NO15. The van der Waals surface area contributed by atoms with E-state index in [1.54, 1.807) is 58.1 Å². The van der Waals surface area contributed by atoms with Crippen LogP contribution in [0.5, 0.6) is 0 Å². The van der Waals surface area contributed by atoms with Crippen molar-refractivity contribution in [2.24, 2.45) is 41.2 Å². The minimum Gasteiger partial charge on any atom is -0.490 e. The second-order valence-corrected chi connectivity index (χ2v) is 18.8. The first-order valence-corrected chi connectivity index (χ1v) is 23.6. The number of primary amides is 1. The van der Waals surface area contributed by atoms with Gasteiger partial charge in [0.05, 0.1) is 43.7 Å². The lowest BCUT2D eigenvalue weighted by atomic mass is 9.77. The first kappa shape index (κ1) is 56.7. The lowest BCUT2D eigenvalue weighted by Gasteiger charge is -2.50. The fourth-order valence-corrected chi connectivity index (χ4v) is 9.29. The number of nitrogens with two attached hydrogens (primary N) is 1. The molecule has 0 spiro atoms. The molecule has 6 N–H and O–H groups in total. The Bertz CT molecular complexity index is 1730. The fourth-order valence-electron chi connectivity index (χ4n) is 9.29. The molecule has 0 bridgehead atoms. The quantitative estimate of drug-likeness (QED) is 0.0727. The molecular weight excluding hydrogens is 855 g/mol.